The quantitative estimate of drug-likeness (QED) is 0.862. The molecule has 0 aromatic heterocycles. The lowest BCUT2D eigenvalue weighted by molar-refractivity contribution is 0.276. The van der Waals surface area contributed by atoms with Gasteiger partial charge in [-0.05, 0) is 57.9 Å². The summed E-state index contributed by atoms with van der Waals surface area (Å²) >= 11 is 8.95. The molecule has 0 aliphatic heterocycles. The van der Waals surface area contributed by atoms with Crippen LogP contribution in [0.5, 0.6) is 0 Å². The fraction of sp³-hybridized carbons (Fsp3) is 0.143. The first kappa shape index (κ1) is 14.3. The van der Waals surface area contributed by atoms with E-state index in [2.05, 4.69) is 21.2 Å². The summed E-state index contributed by atoms with van der Waals surface area (Å²) in [6, 6.07) is 11.5. The van der Waals surface area contributed by atoms with E-state index in [4.69, 9.17) is 11.6 Å². The van der Waals surface area contributed by atoms with Crippen LogP contribution in [-0.4, -0.2) is 11.7 Å². The number of halogens is 3. The third kappa shape index (κ3) is 3.69. The summed E-state index contributed by atoms with van der Waals surface area (Å²) < 4.78 is 13.6. The Bertz CT molecular complexity index is 562. The summed E-state index contributed by atoms with van der Waals surface area (Å²) in [5.74, 6) is -0.327. The summed E-state index contributed by atoms with van der Waals surface area (Å²) in [6.45, 7) is -0.0965. The molecule has 2 aromatic rings. The van der Waals surface area contributed by atoms with Crippen molar-refractivity contribution in [2.24, 2.45) is 0 Å². The Morgan fingerprint density at radius 1 is 1.21 bits per heavy atom. The van der Waals surface area contributed by atoms with Gasteiger partial charge in [0.25, 0.3) is 0 Å². The Labute approximate surface area is 124 Å². The Kier molecular flexibility index (Phi) is 4.80. The molecular formula is C14H12BrClFNO. The normalized spacial score (nSPS) is 12.2. The van der Waals surface area contributed by atoms with E-state index in [1.807, 2.05) is 12.1 Å². The molecule has 100 valence electrons. The van der Waals surface area contributed by atoms with E-state index in [1.54, 1.807) is 24.3 Å². The van der Waals surface area contributed by atoms with Crippen LogP contribution in [0.1, 0.15) is 11.6 Å². The van der Waals surface area contributed by atoms with Crippen molar-refractivity contribution in [3.05, 3.63) is 63.3 Å². The Hall–Kier alpha value is -1.10. The predicted octanol–water partition coefficient (Wildman–Crippen LogP) is 4.39. The van der Waals surface area contributed by atoms with Gasteiger partial charge in [-0.3, -0.25) is 0 Å². The van der Waals surface area contributed by atoms with E-state index < -0.39 is 0 Å². The molecular weight excluding hydrogens is 333 g/mol. The van der Waals surface area contributed by atoms with Crippen molar-refractivity contribution in [2.75, 3.05) is 11.9 Å². The molecule has 0 radical (unpaired) electrons. The summed E-state index contributed by atoms with van der Waals surface area (Å²) in [4.78, 5) is 0. The van der Waals surface area contributed by atoms with E-state index in [0.717, 1.165) is 11.3 Å². The van der Waals surface area contributed by atoms with Crippen molar-refractivity contribution in [1.29, 1.82) is 0 Å². The van der Waals surface area contributed by atoms with Crippen molar-refractivity contribution in [2.45, 2.75) is 6.04 Å². The highest BCUT2D eigenvalue weighted by atomic mass is 79.9. The first-order valence-corrected chi connectivity index (χ1v) is 6.85. The lowest BCUT2D eigenvalue weighted by Gasteiger charge is -2.18. The van der Waals surface area contributed by atoms with E-state index in [0.29, 0.717) is 9.50 Å². The molecule has 5 heteroatoms. The number of aliphatic hydroxyl groups is 1. The zero-order chi connectivity index (χ0) is 13.8. The summed E-state index contributed by atoms with van der Waals surface area (Å²) in [5.41, 5.74) is 1.63. The van der Waals surface area contributed by atoms with Gasteiger partial charge in [0.15, 0.2) is 0 Å². The molecule has 0 amide bonds. The zero-order valence-corrected chi connectivity index (χ0v) is 12.2. The van der Waals surface area contributed by atoms with Crippen LogP contribution in [0.25, 0.3) is 0 Å². The monoisotopic (exact) mass is 343 g/mol. The molecule has 1 atom stereocenters. The van der Waals surface area contributed by atoms with Crippen LogP contribution in [0.4, 0.5) is 10.1 Å². The fourth-order valence-electron chi connectivity index (χ4n) is 1.71. The highest BCUT2D eigenvalue weighted by Gasteiger charge is 2.12. The lowest BCUT2D eigenvalue weighted by atomic mass is 10.1. The second kappa shape index (κ2) is 6.37. The molecule has 1 unspecified atom stereocenters. The van der Waals surface area contributed by atoms with Gasteiger partial charge in [-0.1, -0.05) is 17.7 Å². The molecule has 0 aliphatic carbocycles. The number of benzene rings is 2. The minimum atomic E-state index is -0.327. The Morgan fingerprint density at radius 2 is 1.89 bits per heavy atom. The second-order valence-corrected chi connectivity index (χ2v) is 5.35. The summed E-state index contributed by atoms with van der Waals surface area (Å²) in [7, 11) is 0. The molecule has 2 N–H and O–H groups in total. The third-order valence-corrected chi connectivity index (χ3v) is 3.57. The van der Waals surface area contributed by atoms with Gasteiger partial charge < -0.3 is 10.4 Å². The van der Waals surface area contributed by atoms with Gasteiger partial charge in [0.2, 0.25) is 0 Å². The van der Waals surface area contributed by atoms with Crippen molar-refractivity contribution < 1.29 is 9.50 Å². The topological polar surface area (TPSA) is 32.3 Å². The van der Waals surface area contributed by atoms with Crippen LogP contribution in [-0.2, 0) is 0 Å². The third-order valence-electron chi connectivity index (χ3n) is 2.71. The SMILES string of the molecule is OCC(Nc1ccc(Cl)cc1)c1ccc(F)c(Br)c1. The molecule has 0 saturated carbocycles. The van der Waals surface area contributed by atoms with E-state index >= 15 is 0 Å². The zero-order valence-electron chi connectivity index (χ0n) is 9.91. The van der Waals surface area contributed by atoms with Gasteiger partial charge >= 0.3 is 0 Å². The predicted molar refractivity (Wildman–Crippen MR) is 79.0 cm³/mol. The van der Waals surface area contributed by atoms with Crippen molar-refractivity contribution in [3.8, 4) is 0 Å². The Morgan fingerprint density at radius 3 is 2.47 bits per heavy atom. The lowest BCUT2D eigenvalue weighted by Crippen LogP contribution is -2.14. The first-order chi connectivity index (χ1) is 9.10. The van der Waals surface area contributed by atoms with Crippen LogP contribution in [0.15, 0.2) is 46.9 Å². The summed E-state index contributed by atoms with van der Waals surface area (Å²) in [5, 5.41) is 13.3. The van der Waals surface area contributed by atoms with E-state index in [1.165, 1.54) is 6.07 Å². The number of aliphatic hydroxyl groups excluding tert-OH is 1. The maximum Gasteiger partial charge on any atom is 0.137 e. The molecule has 0 heterocycles. The van der Waals surface area contributed by atoms with E-state index in [-0.39, 0.29) is 18.5 Å². The number of rotatable bonds is 4. The number of anilines is 1. The van der Waals surface area contributed by atoms with Gasteiger partial charge in [0.05, 0.1) is 17.1 Å². The highest BCUT2D eigenvalue weighted by Crippen LogP contribution is 2.24. The molecule has 2 rings (SSSR count). The van der Waals surface area contributed by atoms with Gasteiger partial charge in [-0.15, -0.1) is 0 Å². The van der Waals surface area contributed by atoms with Crippen LogP contribution in [0, 0.1) is 5.82 Å². The largest absolute Gasteiger partial charge is 0.394 e. The van der Waals surface area contributed by atoms with Crippen LogP contribution >= 0.6 is 27.5 Å². The van der Waals surface area contributed by atoms with E-state index in [9.17, 15) is 9.50 Å². The van der Waals surface area contributed by atoms with Crippen LogP contribution < -0.4 is 5.32 Å². The molecule has 0 spiro atoms. The first-order valence-electron chi connectivity index (χ1n) is 5.68. The van der Waals surface area contributed by atoms with Crippen molar-refractivity contribution in [3.63, 3.8) is 0 Å². The maximum absolute atomic E-state index is 13.2. The average molecular weight is 345 g/mol. The number of hydrogen-bond acceptors (Lipinski definition) is 2. The van der Waals surface area contributed by atoms with Crippen LogP contribution in [0.2, 0.25) is 5.02 Å². The van der Waals surface area contributed by atoms with Gasteiger partial charge in [0, 0.05) is 10.7 Å². The smallest absolute Gasteiger partial charge is 0.137 e. The van der Waals surface area contributed by atoms with Gasteiger partial charge in [-0.25, -0.2) is 4.39 Å². The molecule has 19 heavy (non-hydrogen) atoms. The highest BCUT2D eigenvalue weighted by molar-refractivity contribution is 9.10. The minimum Gasteiger partial charge on any atom is -0.394 e. The van der Waals surface area contributed by atoms with Crippen LogP contribution in [0.3, 0.4) is 0 Å². The average Bonchev–Trinajstić information content (AvgIpc) is 2.41. The van der Waals surface area contributed by atoms with Gasteiger partial charge in [-0.2, -0.15) is 0 Å². The molecule has 2 aromatic carbocycles. The summed E-state index contributed by atoms with van der Waals surface area (Å²) in [6.07, 6.45) is 0. The number of nitrogens with one attached hydrogen (secondary N) is 1. The second-order valence-electron chi connectivity index (χ2n) is 4.06. The molecule has 0 saturated heterocycles. The fourth-order valence-corrected chi connectivity index (χ4v) is 2.23. The standard InChI is InChI=1S/C14H12BrClFNO/c15-12-7-9(1-6-13(12)17)14(8-19)18-11-4-2-10(16)3-5-11/h1-7,14,18-19H,8H2. The van der Waals surface area contributed by atoms with Crippen molar-refractivity contribution >= 4 is 33.2 Å². The maximum atomic E-state index is 13.2. The molecule has 2 nitrogen and oxygen atoms in total. The Balaban J connectivity index is 2.19. The number of hydrogen-bond donors (Lipinski definition) is 2. The minimum absolute atomic E-state index is 0.0965. The molecule has 0 bridgehead atoms. The van der Waals surface area contributed by atoms with Gasteiger partial charge in [0.1, 0.15) is 5.82 Å². The molecule has 0 aliphatic rings. The van der Waals surface area contributed by atoms with Crippen molar-refractivity contribution in [1.82, 2.24) is 0 Å². The molecule has 0 fully saturated rings.